The second-order valence-electron chi connectivity index (χ2n) is 6.07. The van der Waals surface area contributed by atoms with Gasteiger partial charge >= 0.3 is 0 Å². The first-order valence-electron chi connectivity index (χ1n) is 8.26. The highest BCUT2D eigenvalue weighted by molar-refractivity contribution is 7.91. The molecular weight excluding hydrogens is 408 g/mol. The molecule has 2 aromatic heterocycles. The Bertz CT molecular complexity index is 915. The van der Waals surface area contributed by atoms with E-state index >= 15 is 0 Å². The van der Waals surface area contributed by atoms with Crippen molar-refractivity contribution in [3.05, 3.63) is 34.5 Å². The molecule has 3 rings (SSSR count). The number of hydrogen-bond acceptors (Lipinski definition) is 7. The second-order valence-corrected chi connectivity index (χ2v) is 10.1. The molecule has 0 radical (unpaired) electrons. The number of carbonyl (C=O) groups is 2. The molecule has 1 fully saturated rings. The van der Waals surface area contributed by atoms with E-state index in [0.29, 0.717) is 35.4 Å². The fourth-order valence-electron chi connectivity index (χ4n) is 2.85. The fraction of sp³-hybridized carbons (Fsp3) is 0.375. The number of amides is 2. The molecule has 27 heavy (non-hydrogen) atoms. The molecule has 0 aliphatic carbocycles. The van der Waals surface area contributed by atoms with Crippen LogP contribution in [0.4, 0.5) is 5.00 Å². The maximum absolute atomic E-state index is 12.6. The minimum Gasteiger partial charge on any atom is -0.366 e. The minimum absolute atomic E-state index is 0.255. The van der Waals surface area contributed by atoms with Gasteiger partial charge in [0.15, 0.2) is 0 Å². The van der Waals surface area contributed by atoms with Crippen LogP contribution in [-0.4, -0.2) is 61.7 Å². The van der Waals surface area contributed by atoms with Crippen LogP contribution in [0.25, 0.3) is 0 Å². The van der Waals surface area contributed by atoms with Crippen molar-refractivity contribution < 1.29 is 18.0 Å². The van der Waals surface area contributed by atoms with Crippen molar-refractivity contribution in [3.8, 4) is 0 Å². The van der Waals surface area contributed by atoms with Crippen LogP contribution in [0.5, 0.6) is 0 Å². The van der Waals surface area contributed by atoms with Gasteiger partial charge in [-0.25, -0.2) is 8.42 Å². The molecule has 0 unspecified atom stereocenters. The Morgan fingerprint density at radius 2 is 1.85 bits per heavy atom. The van der Waals surface area contributed by atoms with E-state index in [1.165, 1.54) is 27.0 Å². The number of sulfonamides is 1. The highest BCUT2D eigenvalue weighted by Crippen LogP contribution is 2.24. The molecule has 0 bridgehead atoms. The average molecular weight is 429 g/mol. The van der Waals surface area contributed by atoms with E-state index in [4.69, 9.17) is 5.73 Å². The number of nitrogens with zero attached hydrogens (tertiary/aromatic N) is 2. The summed E-state index contributed by atoms with van der Waals surface area (Å²) in [5.41, 5.74) is 5.58. The van der Waals surface area contributed by atoms with Gasteiger partial charge in [-0.3, -0.25) is 14.5 Å². The second kappa shape index (κ2) is 8.07. The molecule has 11 heteroatoms. The van der Waals surface area contributed by atoms with Crippen LogP contribution in [0.1, 0.15) is 17.3 Å². The minimum atomic E-state index is -3.47. The Kier molecular flexibility index (Phi) is 5.96. The van der Waals surface area contributed by atoms with Crippen molar-refractivity contribution in [3.63, 3.8) is 0 Å². The number of primary amides is 1. The standard InChI is InChI=1S/C16H20N4O4S3/c1-11(15(22)18-16-12(14(17)21)4-10-26-16)19-5-7-20(8-6-19)27(23,24)13-3-2-9-25-13/h2-4,9-11H,5-8H2,1H3,(H2,17,21)(H,18,22)/t11-/m1/s1. The molecule has 0 saturated carbocycles. The fourth-order valence-corrected chi connectivity index (χ4v) is 6.21. The van der Waals surface area contributed by atoms with E-state index in [1.807, 2.05) is 4.90 Å². The third-order valence-corrected chi connectivity index (χ3v) is 8.56. The third-order valence-electron chi connectivity index (χ3n) is 4.46. The number of rotatable bonds is 6. The quantitative estimate of drug-likeness (QED) is 0.719. The summed E-state index contributed by atoms with van der Waals surface area (Å²) in [5.74, 6) is -0.846. The predicted octanol–water partition coefficient (Wildman–Crippen LogP) is 1.24. The maximum Gasteiger partial charge on any atom is 0.252 e. The highest BCUT2D eigenvalue weighted by atomic mass is 32.2. The van der Waals surface area contributed by atoms with Crippen molar-refractivity contribution in [2.24, 2.45) is 5.73 Å². The third kappa shape index (κ3) is 4.22. The molecule has 1 atom stereocenters. The molecule has 146 valence electrons. The zero-order chi connectivity index (χ0) is 19.6. The summed E-state index contributed by atoms with van der Waals surface area (Å²) < 4.78 is 26.9. The number of anilines is 1. The molecule has 1 aliphatic heterocycles. The van der Waals surface area contributed by atoms with Crippen LogP contribution in [0.15, 0.2) is 33.2 Å². The van der Waals surface area contributed by atoms with Gasteiger partial charge in [0.1, 0.15) is 9.21 Å². The number of nitrogens with one attached hydrogen (secondary N) is 1. The Balaban J connectivity index is 1.60. The molecule has 2 aromatic rings. The summed E-state index contributed by atoms with van der Waals surface area (Å²) >= 11 is 2.43. The van der Waals surface area contributed by atoms with Crippen LogP contribution < -0.4 is 11.1 Å². The van der Waals surface area contributed by atoms with Gasteiger partial charge in [-0.2, -0.15) is 4.31 Å². The van der Waals surface area contributed by atoms with Crippen LogP contribution in [0.2, 0.25) is 0 Å². The van der Waals surface area contributed by atoms with Crippen molar-refractivity contribution >= 4 is 49.5 Å². The van der Waals surface area contributed by atoms with Crippen LogP contribution in [-0.2, 0) is 14.8 Å². The van der Waals surface area contributed by atoms with Crippen molar-refractivity contribution in [1.29, 1.82) is 0 Å². The van der Waals surface area contributed by atoms with E-state index in [1.54, 1.807) is 35.9 Å². The Labute approximate surface area is 165 Å². The van der Waals surface area contributed by atoms with Crippen LogP contribution in [0.3, 0.4) is 0 Å². The summed E-state index contributed by atoms with van der Waals surface area (Å²) in [6.45, 7) is 3.31. The lowest BCUT2D eigenvalue weighted by Gasteiger charge is -2.36. The van der Waals surface area contributed by atoms with Crippen LogP contribution >= 0.6 is 22.7 Å². The number of nitrogens with two attached hydrogens (primary N) is 1. The molecule has 0 spiro atoms. The van der Waals surface area contributed by atoms with Crippen LogP contribution in [0, 0.1) is 0 Å². The zero-order valence-corrected chi connectivity index (χ0v) is 17.1. The normalized spacial score (nSPS) is 17.5. The lowest BCUT2D eigenvalue weighted by molar-refractivity contribution is -0.121. The van der Waals surface area contributed by atoms with Gasteiger partial charge in [-0.1, -0.05) is 6.07 Å². The SMILES string of the molecule is C[C@H](C(=O)Nc1sccc1C(N)=O)N1CCN(S(=O)(=O)c2cccs2)CC1. The van der Waals surface area contributed by atoms with Gasteiger partial charge in [0.05, 0.1) is 11.6 Å². The Morgan fingerprint density at radius 3 is 2.44 bits per heavy atom. The summed E-state index contributed by atoms with van der Waals surface area (Å²) in [7, 11) is -3.47. The summed E-state index contributed by atoms with van der Waals surface area (Å²) in [6.07, 6.45) is 0. The molecule has 8 nitrogen and oxygen atoms in total. The van der Waals surface area contributed by atoms with Gasteiger partial charge < -0.3 is 11.1 Å². The molecule has 0 aromatic carbocycles. The van der Waals surface area contributed by atoms with E-state index in [9.17, 15) is 18.0 Å². The van der Waals surface area contributed by atoms with Gasteiger partial charge in [0.2, 0.25) is 5.91 Å². The number of piperazine rings is 1. The van der Waals surface area contributed by atoms with Gasteiger partial charge in [0.25, 0.3) is 15.9 Å². The first-order chi connectivity index (χ1) is 12.8. The topological polar surface area (TPSA) is 113 Å². The van der Waals surface area contributed by atoms with E-state index in [0.717, 1.165) is 0 Å². The van der Waals surface area contributed by atoms with E-state index in [-0.39, 0.29) is 11.5 Å². The maximum atomic E-state index is 12.6. The lowest BCUT2D eigenvalue weighted by atomic mass is 10.2. The first-order valence-corrected chi connectivity index (χ1v) is 11.5. The molecule has 3 heterocycles. The molecule has 1 saturated heterocycles. The largest absolute Gasteiger partial charge is 0.366 e. The summed E-state index contributed by atoms with van der Waals surface area (Å²) in [6, 6.07) is 4.42. The lowest BCUT2D eigenvalue weighted by Crippen LogP contribution is -2.53. The van der Waals surface area contributed by atoms with E-state index < -0.39 is 22.0 Å². The Hall–Kier alpha value is -1.79. The monoisotopic (exact) mass is 428 g/mol. The van der Waals surface area contributed by atoms with Gasteiger partial charge in [0, 0.05) is 26.2 Å². The van der Waals surface area contributed by atoms with Gasteiger partial charge in [-0.05, 0) is 29.8 Å². The summed E-state index contributed by atoms with van der Waals surface area (Å²) in [4.78, 5) is 25.8. The average Bonchev–Trinajstić information content (AvgIpc) is 3.33. The van der Waals surface area contributed by atoms with Crippen molar-refractivity contribution in [1.82, 2.24) is 9.21 Å². The predicted molar refractivity (Wildman–Crippen MR) is 106 cm³/mol. The molecular formula is C16H20N4O4S3. The highest BCUT2D eigenvalue weighted by Gasteiger charge is 2.32. The van der Waals surface area contributed by atoms with Gasteiger partial charge in [-0.15, -0.1) is 22.7 Å². The molecule has 3 N–H and O–H groups in total. The van der Waals surface area contributed by atoms with E-state index in [2.05, 4.69) is 5.32 Å². The zero-order valence-electron chi connectivity index (χ0n) is 14.6. The van der Waals surface area contributed by atoms with Crippen molar-refractivity contribution in [2.45, 2.75) is 17.2 Å². The number of thiophene rings is 2. The number of hydrogen-bond donors (Lipinski definition) is 2. The molecule has 1 aliphatic rings. The number of carbonyl (C=O) groups excluding carboxylic acids is 2. The Morgan fingerprint density at radius 1 is 1.15 bits per heavy atom. The first kappa shape index (κ1) is 20.0. The smallest absolute Gasteiger partial charge is 0.252 e. The summed E-state index contributed by atoms with van der Waals surface area (Å²) in [5, 5.41) is 6.59. The molecule has 2 amide bonds. The van der Waals surface area contributed by atoms with Crippen molar-refractivity contribution in [2.75, 3.05) is 31.5 Å².